The summed E-state index contributed by atoms with van der Waals surface area (Å²) in [5, 5.41) is 3.75. The number of rotatable bonds is 3. The number of nitrogens with two attached hydrogens (primary N) is 1. The van der Waals surface area contributed by atoms with Gasteiger partial charge in [0.25, 0.3) is 0 Å². The maximum atomic E-state index is 13.7. The molecule has 1 heterocycles. The summed E-state index contributed by atoms with van der Waals surface area (Å²) in [5.41, 5.74) is 4.18. The van der Waals surface area contributed by atoms with Gasteiger partial charge in [0.2, 0.25) is 0 Å². The Hall–Kier alpha value is -1.30. The lowest BCUT2D eigenvalue weighted by molar-refractivity contribution is 0.510. The lowest BCUT2D eigenvalue weighted by atomic mass is 9.98. The molecule has 1 unspecified atom stereocenters. The van der Waals surface area contributed by atoms with Crippen molar-refractivity contribution in [2.75, 3.05) is 0 Å². The van der Waals surface area contributed by atoms with E-state index in [1.54, 1.807) is 0 Å². The van der Waals surface area contributed by atoms with Crippen LogP contribution in [0.25, 0.3) is 0 Å². The molecule has 0 aliphatic carbocycles. The van der Waals surface area contributed by atoms with E-state index in [-0.39, 0.29) is 5.56 Å². The quantitative estimate of drug-likeness (QED) is 0.653. The number of hydrazine groups is 1. The fourth-order valence-electron chi connectivity index (χ4n) is 1.78. The van der Waals surface area contributed by atoms with Crippen LogP contribution in [-0.2, 0) is 0 Å². The van der Waals surface area contributed by atoms with E-state index in [2.05, 4.69) is 5.43 Å². The van der Waals surface area contributed by atoms with Gasteiger partial charge in [-0.2, -0.15) is 11.3 Å². The van der Waals surface area contributed by atoms with Crippen LogP contribution in [-0.4, -0.2) is 0 Å². The van der Waals surface area contributed by atoms with Crippen molar-refractivity contribution in [1.29, 1.82) is 0 Å². The van der Waals surface area contributed by atoms with Crippen LogP contribution in [0.4, 0.5) is 8.78 Å². The van der Waals surface area contributed by atoms with Crippen LogP contribution in [0.5, 0.6) is 0 Å². The fourth-order valence-corrected chi connectivity index (χ4v) is 2.66. The van der Waals surface area contributed by atoms with Crippen molar-refractivity contribution in [3.63, 3.8) is 0 Å². The predicted octanol–water partition coefficient (Wildman–Crippen LogP) is 2.89. The zero-order valence-corrected chi connectivity index (χ0v) is 10.0. The topological polar surface area (TPSA) is 38.0 Å². The lowest BCUT2D eigenvalue weighted by Crippen LogP contribution is -2.30. The van der Waals surface area contributed by atoms with Crippen molar-refractivity contribution in [2.45, 2.75) is 13.0 Å². The zero-order valence-electron chi connectivity index (χ0n) is 9.21. The Morgan fingerprint density at radius 1 is 1.24 bits per heavy atom. The second kappa shape index (κ2) is 4.91. The number of benzene rings is 1. The molecule has 5 heteroatoms. The summed E-state index contributed by atoms with van der Waals surface area (Å²) < 4.78 is 27.4. The number of hydrogen-bond acceptors (Lipinski definition) is 3. The van der Waals surface area contributed by atoms with Crippen molar-refractivity contribution in [3.05, 3.63) is 57.3 Å². The van der Waals surface area contributed by atoms with Gasteiger partial charge in [-0.25, -0.2) is 14.2 Å². The van der Waals surface area contributed by atoms with Crippen LogP contribution in [0.2, 0.25) is 0 Å². The molecule has 1 atom stereocenters. The first kappa shape index (κ1) is 12.2. The fraction of sp³-hybridized carbons (Fsp3) is 0.167. The first-order valence-corrected chi connectivity index (χ1v) is 6.02. The van der Waals surface area contributed by atoms with Crippen LogP contribution >= 0.6 is 11.3 Å². The van der Waals surface area contributed by atoms with Gasteiger partial charge in [0.15, 0.2) is 0 Å². The second-order valence-electron chi connectivity index (χ2n) is 3.75. The molecule has 1 aromatic carbocycles. The molecule has 0 amide bonds. The van der Waals surface area contributed by atoms with Crippen molar-refractivity contribution in [2.24, 2.45) is 5.84 Å². The summed E-state index contributed by atoms with van der Waals surface area (Å²) in [6.45, 7) is 1.88. The van der Waals surface area contributed by atoms with E-state index in [1.165, 1.54) is 29.5 Å². The molecule has 2 rings (SSSR count). The lowest BCUT2D eigenvalue weighted by Gasteiger charge is -2.17. The summed E-state index contributed by atoms with van der Waals surface area (Å²) in [7, 11) is 0. The maximum Gasteiger partial charge on any atom is 0.131 e. The minimum absolute atomic E-state index is 0.0449. The van der Waals surface area contributed by atoms with E-state index in [4.69, 9.17) is 5.84 Å². The van der Waals surface area contributed by atoms with Crippen molar-refractivity contribution in [1.82, 2.24) is 5.43 Å². The third-order valence-electron chi connectivity index (χ3n) is 2.66. The summed E-state index contributed by atoms with van der Waals surface area (Å²) in [5.74, 6) is 4.23. The molecule has 0 saturated heterocycles. The highest BCUT2D eigenvalue weighted by Crippen LogP contribution is 2.30. The Morgan fingerprint density at radius 3 is 2.35 bits per heavy atom. The van der Waals surface area contributed by atoms with E-state index in [0.29, 0.717) is 0 Å². The van der Waals surface area contributed by atoms with Gasteiger partial charge < -0.3 is 0 Å². The van der Waals surface area contributed by atoms with Crippen molar-refractivity contribution < 1.29 is 8.78 Å². The van der Waals surface area contributed by atoms with Gasteiger partial charge in [0, 0.05) is 5.56 Å². The number of thiophene rings is 1. The van der Waals surface area contributed by atoms with Crippen LogP contribution in [0, 0.1) is 18.6 Å². The standard InChI is InChI=1S/C12H12F2N2S/c1-7-5-17-6-8(7)12(16-15)11-9(13)3-2-4-10(11)14/h2-6,12,16H,15H2,1H3. The first-order valence-electron chi connectivity index (χ1n) is 5.08. The first-order chi connectivity index (χ1) is 8.15. The Labute approximate surface area is 102 Å². The number of hydrogen-bond donors (Lipinski definition) is 2. The minimum atomic E-state index is -0.664. The van der Waals surface area contributed by atoms with E-state index >= 15 is 0 Å². The van der Waals surface area contributed by atoms with Gasteiger partial charge in [-0.05, 0) is 40.9 Å². The summed E-state index contributed by atoms with van der Waals surface area (Å²) >= 11 is 1.48. The third kappa shape index (κ3) is 2.22. The van der Waals surface area contributed by atoms with Gasteiger partial charge in [0.1, 0.15) is 11.6 Å². The van der Waals surface area contributed by atoms with Crippen LogP contribution < -0.4 is 11.3 Å². The van der Waals surface area contributed by atoms with Crippen LogP contribution in [0.1, 0.15) is 22.7 Å². The molecule has 0 radical (unpaired) electrons. The van der Waals surface area contributed by atoms with Gasteiger partial charge in [-0.3, -0.25) is 5.84 Å². The average molecular weight is 254 g/mol. The highest BCUT2D eigenvalue weighted by molar-refractivity contribution is 7.08. The van der Waals surface area contributed by atoms with Crippen LogP contribution in [0.15, 0.2) is 29.0 Å². The molecular weight excluding hydrogens is 242 g/mol. The second-order valence-corrected chi connectivity index (χ2v) is 4.49. The van der Waals surface area contributed by atoms with E-state index in [1.807, 2.05) is 17.7 Å². The summed E-state index contributed by atoms with van der Waals surface area (Å²) in [6, 6.07) is 3.12. The molecule has 3 N–H and O–H groups in total. The zero-order chi connectivity index (χ0) is 12.4. The molecule has 0 saturated carbocycles. The Kier molecular flexibility index (Phi) is 3.51. The van der Waals surface area contributed by atoms with Crippen molar-refractivity contribution in [3.8, 4) is 0 Å². The monoisotopic (exact) mass is 254 g/mol. The van der Waals surface area contributed by atoms with Gasteiger partial charge in [-0.15, -0.1) is 0 Å². The van der Waals surface area contributed by atoms with Crippen molar-refractivity contribution >= 4 is 11.3 Å². The summed E-state index contributed by atoms with van der Waals surface area (Å²) in [4.78, 5) is 0. The third-order valence-corrected chi connectivity index (χ3v) is 3.54. The number of nitrogens with one attached hydrogen (secondary N) is 1. The van der Waals surface area contributed by atoms with E-state index in [0.717, 1.165) is 11.1 Å². The summed E-state index contributed by atoms with van der Waals surface area (Å²) in [6.07, 6.45) is 0. The van der Waals surface area contributed by atoms with Gasteiger partial charge >= 0.3 is 0 Å². The molecule has 0 aliphatic rings. The molecule has 0 aliphatic heterocycles. The molecule has 90 valence electrons. The SMILES string of the molecule is Cc1cscc1C(NN)c1c(F)cccc1F. The Balaban J connectivity index is 2.53. The van der Waals surface area contributed by atoms with E-state index in [9.17, 15) is 8.78 Å². The highest BCUT2D eigenvalue weighted by Gasteiger charge is 2.22. The van der Waals surface area contributed by atoms with Gasteiger partial charge in [-0.1, -0.05) is 6.07 Å². The molecule has 0 spiro atoms. The van der Waals surface area contributed by atoms with Crippen LogP contribution in [0.3, 0.4) is 0 Å². The average Bonchev–Trinajstić information content (AvgIpc) is 2.70. The molecule has 2 aromatic rings. The molecule has 0 fully saturated rings. The Morgan fingerprint density at radius 2 is 1.88 bits per heavy atom. The Bertz CT molecular complexity index is 505. The molecule has 0 bridgehead atoms. The normalized spacial score (nSPS) is 12.7. The smallest absolute Gasteiger partial charge is 0.131 e. The molecule has 2 nitrogen and oxygen atoms in total. The molecular formula is C12H12F2N2S. The highest BCUT2D eigenvalue weighted by atomic mass is 32.1. The number of aryl methyl sites for hydroxylation is 1. The van der Waals surface area contributed by atoms with E-state index < -0.39 is 17.7 Å². The minimum Gasteiger partial charge on any atom is -0.271 e. The predicted molar refractivity (Wildman–Crippen MR) is 64.6 cm³/mol. The largest absolute Gasteiger partial charge is 0.271 e. The maximum absolute atomic E-state index is 13.7. The van der Waals surface area contributed by atoms with Gasteiger partial charge in [0.05, 0.1) is 6.04 Å². The molecule has 1 aromatic heterocycles. The number of halogens is 2. The molecule has 17 heavy (non-hydrogen) atoms.